The molecule has 0 amide bonds. The molecule has 0 unspecified atom stereocenters. The van der Waals surface area contributed by atoms with Crippen LogP contribution >= 0.6 is 0 Å². The fraction of sp³-hybridized carbons (Fsp3) is 0.857. The summed E-state index contributed by atoms with van der Waals surface area (Å²) < 4.78 is 4.20. The van der Waals surface area contributed by atoms with Crippen molar-refractivity contribution in [2.75, 3.05) is 26.2 Å². The number of nitrogens with zero attached hydrogens (tertiary/aromatic N) is 2. The fourth-order valence-electron chi connectivity index (χ4n) is 2.24. The van der Waals surface area contributed by atoms with E-state index in [-0.39, 0.29) is 0 Å². The normalized spacial score (nSPS) is 18.4. The Morgan fingerprint density at radius 2 is 2.11 bits per heavy atom. The standard InChI is InChI=1S/C9H16N2.C5H10O3/c1-2-5-9-10-6-4-8-11(9)7-3-1;1-2-3-4-8-5(6)7/h1-8H2;2-4H2,1H3,(H,6,7). The number of aliphatic imine (C=N–C) groups is 1. The largest absolute Gasteiger partial charge is 0.505 e. The second-order valence-corrected chi connectivity index (χ2v) is 4.92. The highest BCUT2D eigenvalue weighted by Crippen LogP contribution is 2.15. The molecule has 0 atom stereocenters. The van der Waals surface area contributed by atoms with Crippen molar-refractivity contribution in [3.05, 3.63) is 0 Å². The number of hydrogen-bond donors (Lipinski definition) is 1. The van der Waals surface area contributed by atoms with Gasteiger partial charge in [0, 0.05) is 26.1 Å². The van der Waals surface area contributed by atoms with Gasteiger partial charge in [-0.2, -0.15) is 0 Å². The predicted octanol–water partition coefficient (Wildman–Crippen LogP) is 3.15. The third-order valence-electron chi connectivity index (χ3n) is 3.30. The van der Waals surface area contributed by atoms with Gasteiger partial charge in [0.15, 0.2) is 0 Å². The molecule has 110 valence electrons. The second kappa shape index (κ2) is 9.64. The maximum atomic E-state index is 9.65. The highest BCUT2D eigenvalue weighted by molar-refractivity contribution is 5.83. The summed E-state index contributed by atoms with van der Waals surface area (Å²) in [4.78, 5) is 16.7. The smallest absolute Gasteiger partial charge is 0.450 e. The summed E-state index contributed by atoms with van der Waals surface area (Å²) in [6.07, 6.45) is 7.23. The summed E-state index contributed by atoms with van der Waals surface area (Å²) in [7, 11) is 0. The summed E-state index contributed by atoms with van der Waals surface area (Å²) in [6.45, 7) is 5.90. The van der Waals surface area contributed by atoms with E-state index in [1.807, 2.05) is 6.92 Å². The Balaban J connectivity index is 0.000000203. The van der Waals surface area contributed by atoms with Crippen molar-refractivity contribution in [2.45, 2.75) is 51.9 Å². The first-order valence-electron chi connectivity index (χ1n) is 7.38. The predicted molar refractivity (Wildman–Crippen MR) is 75.8 cm³/mol. The topological polar surface area (TPSA) is 62.1 Å². The molecule has 0 aromatic rings. The van der Waals surface area contributed by atoms with Gasteiger partial charge in [0.2, 0.25) is 0 Å². The van der Waals surface area contributed by atoms with Gasteiger partial charge in [0.1, 0.15) is 0 Å². The molecule has 0 bridgehead atoms. The molecule has 2 heterocycles. The van der Waals surface area contributed by atoms with Crippen molar-refractivity contribution >= 4 is 12.0 Å². The summed E-state index contributed by atoms with van der Waals surface area (Å²) in [5, 5.41) is 7.92. The van der Waals surface area contributed by atoms with Crippen LogP contribution in [-0.4, -0.2) is 48.2 Å². The molecule has 19 heavy (non-hydrogen) atoms. The minimum absolute atomic E-state index is 0.325. The summed E-state index contributed by atoms with van der Waals surface area (Å²) in [5.74, 6) is 1.40. The third kappa shape index (κ3) is 7.03. The molecule has 0 aromatic heterocycles. The average Bonchev–Trinajstić information content (AvgIpc) is 2.64. The van der Waals surface area contributed by atoms with Crippen molar-refractivity contribution in [1.29, 1.82) is 0 Å². The van der Waals surface area contributed by atoms with Crippen LogP contribution in [0, 0.1) is 0 Å². The van der Waals surface area contributed by atoms with Gasteiger partial charge >= 0.3 is 6.16 Å². The van der Waals surface area contributed by atoms with Crippen LogP contribution in [0.25, 0.3) is 0 Å². The molecule has 5 heteroatoms. The Hall–Kier alpha value is -1.26. The quantitative estimate of drug-likeness (QED) is 0.632. The molecule has 1 N–H and O–H groups in total. The van der Waals surface area contributed by atoms with E-state index in [0.29, 0.717) is 6.61 Å². The zero-order valence-corrected chi connectivity index (χ0v) is 11.9. The lowest BCUT2D eigenvalue weighted by Crippen LogP contribution is -2.34. The molecule has 0 radical (unpaired) electrons. The van der Waals surface area contributed by atoms with Crippen LogP contribution in [0.3, 0.4) is 0 Å². The van der Waals surface area contributed by atoms with Gasteiger partial charge in [-0.25, -0.2) is 4.79 Å². The van der Waals surface area contributed by atoms with E-state index in [2.05, 4.69) is 14.6 Å². The van der Waals surface area contributed by atoms with E-state index >= 15 is 0 Å². The average molecular weight is 270 g/mol. The lowest BCUT2D eigenvalue weighted by atomic mass is 10.2. The maximum Gasteiger partial charge on any atom is 0.505 e. The van der Waals surface area contributed by atoms with E-state index in [4.69, 9.17) is 5.11 Å². The van der Waals surface area contributed by atoms with E-state index in [1.165, 1.54) is 51.0 Å². The van der Waals surface area contributed by atoms with E-state index < -0.39 is 6.16 Å². The highest BCUT2D eigenvalue weighted by atomic mass is 16.7. The van der Waals surface area contributed by atoms with Crippen LogP contribution in [0.2, 0.25) is 0 Å². The number of carbonyl (C=O) groups is 1. The Bertz CT molecular complexity index is 292. The van der Waals surface area contributed by atoms with Crippen LogP contribution in [0.5, 0.6) is 0 Å². The third-order valence-corrected chi connectivity index (χ3v) is 3.30. The van der Waals surface area contributed by atoms with Gasteiger partial charge in [-0.15, -0.1) is 0 Å². The summed E-state index contributed by atoms with van der Waals surface area (Å²) >= 11 is 0. The molecule has 0 aliphatic carbocycles. The molecular formula is C14H26N2O3. The Morgan fingerprint density at radius 1 is 1.32 bits per heavy atom. The minimum atomic E-state index is -1.18. The molecule has 0 saturated carbocycles. The molecule has 0 aromatic carbocycles. The fourth-order valence-corrected chi connectivity index (χ4v) is 2.24. The van der Waals surface area contributed by atoms with Gasteiger partial charge in [0.25, 0.3) is 0 Å². The zero-order valence-electron chi connectivity index (χ0n) is 11.9. The number of amidine groups is 1. The van der Waals surface area contributed by atoms with Crippen molar-refractivity contribution in [2.24, 2.45) is 4.99 Å². The number of carboxylic acid groups (broad SMARTS) is 1. The Morgan fingerprint density at radius 3 is 2.84 bits per heavy atom. The number of fused-ring (bicyclic) bond motifs is 1. The van der Waals surface area contributed by atoms with E-state index in [0.717, 1.165) is 19.4 Å². The van der Waals surface area contributed by atoms with Crippen LogP contribution in [0.1, 0.15) is 51.9 Å². The SMILES string of the molecule is C1CCC2=NCCCN2CC1.CCCCOC(=O)O. The number of rotatable bonds is 3. The van der Waals surface area contributed by atoms with E-state index in [1.54, 1.807) is 0 Å². The molecule has 2 aliphatic heterocycles. The first kappa shape index (κ1) is 15.8. The molecule has 0 spiro atoms. The monoisotopic (exact) mass is 270 g/mol. The molecule has 2 rings (SSSR count). The lowest BCUT2D eigenvalue weighted by Gasteiger charge is -2.27. The van der Waals surface area contributed by atoms with Crippen molar-refractivity contribution in [1.82, 2.24) is 4.90 Å². The minimum Gasteiger partial charge on any atom is -0.450 e. The Kier molecular flexibility index (Phi) is 8.02. The van der Waals surface area contributed by atoms with Gasteiger partial charge in [-0.3, -0.25) is 4.99 Å². The van der Waals surface area contributed by atoms with Gasteiger partial charge in [-0.05, 0) is 25.7 Å². The summed E-state index contributed by atoms with van der Waals surface area (Å²) in [5.41, 5.74) is 0. The van der Waals surface area contributed by atoms with Crippen molar-refractivity contribution < 1.29 is 14.6 Å². The van der Waals surface area contributed by atoms with Crippen LogP contribution in [-0.2, 0) is 4.74 Å². The van der Waals surface area contributed by atoms with Gasteiger partial charge < -0.3 is 14.7 Å². The van der Waals surface area contributed by atoms with Crippen molar-refractivity contribution in [3.8, 4) is 0 Å². The zero-order chi connectivity index (χ0) is 13.9. The first-order chi connectivity index (χ1) is 9.24. The second-order valence-electron chi connectivity index (χ2n) is 4.92. The molecule has 2 aliphatic rings. The van der Waals surface area contributed by atoms with E-state index in [9.17, 15) is 4.79 Å². The van der Waals surface area contributed by atoms with Gasteiger partial charge in [0.05, 0.1) is 12.4 Å². The molecule has 1 fully saturated rings. The van der Waals surface area contributed by atoms with Crippen molar-refractivity contribution in [3.63, 3.8) is 0 Å². The van der Waals surface area contributed by atoms with Crippen LogP contribution in [0.15, 0.2) is 4.99 Å². The number of hydrogen-bond acceptors (Lipinski definition) is 4. The lowest BCUT2D eigenvalue weighted by molar-refractivity contribution is 0.0905. The number of ether oxygens (including phenoxy) is 1. The maximum absolute atomic E-state index is 9.65. The first-order valence-corrected chi connectivity index (χ1v) is 7.38. The van der Waals surface area contributed by atoms with Gasteiger partial charge in [-0.1, -0.05) is 19.8 Å². The molecule has 5 nitrogen and oxygen atoms in total. The molecular weight excluding hydrogens is 244 g/mol. The highest BCUT2D eigenvalue weighted by Gasteiger charge is 2.16. The summed E-state index contributed by atoms with van der Waals surface area (Å²) in [6, 6.07) is 0. The Labute approximate surface area is 115 Å². The number of unbranched alkanes of at least 4 members (excludes halogenated alkanes) is 1. The van der Waals surface area contributed by atoms with Crippen LogP contribution < -0.4 is 0 Å². The van der Waals surface area contributed by atoms with Crippen LogP contribution in [0.4, 0.5) is 4.79 Å². The molecule has 1 saturated heterocycles.